The summed E-state index contributed by atoms with van der Waals surface area (Å²) in [6.07, 6.45) is 0. The molecule has 0 saturated carbocycles. The first-order valence-electron chi connectivity index (χ1n) is 6.30. The number of aliphatic hydroxyl groups is 1. The van der Waals surface area contributed by atoms with E-state index in [4.69, 9.17) is 16.3 Å². The van der Waals surface area contributed by atoms with Crippen molar-refractivity contribution in [3.05, 3.63) is 64.9 Å². The second-order valence-corrected chi connectivity index (χ2v) is 4.88. The highest BCUT2D eigenvalue weighted by Gasteiger charge is 2.08. The Labute approximate surface area is 125 Å². The van der Waals surface area contributed by atoms with Crippen molar-refractivity contribution in [1.82, 2.24) is 4.98 Å². The SMILES string of the molecule is OCc1cc(Oc2ccc(F)c(Cl)c2)nc2ccccc12. The average Bonchev–Trinajstić information content (AvgIpc) is 2.50. The maximum atomic E-state index is 13.1. The molecule has 1 aromatic heterocycles. The van der Waals surface area contributed by atoms with Crippen molar-refractivity contribution in [3.8, 4) is 11.6 Å². The summed E-state index contributed by atoms with van der Waals surface area (Å²) in [5, 5.41) is 10.3. The second kappa shape index (κ2) is 5.68. The van der Waals surface area contributed by atoms with Crippen molar-refractivity contribution in [2.24, 2.45) is 0 Å². The van der Waals surface area contributed by atoms with Crippen LogP contribution < -0.4 is 4.74 Å². The molecule has 0 radical (unpaired) electrons. The molecule has 3 rings (SSSR count). The molecule has 0 atom stereocenters. The highest BCUT2D eigenvalue weighted by molar-refractivity contribution is 6.30. The van der Waals surface area contributed by atoms with E-state index in [1.807, 2.05) is 24.3 Å². The van der Waals surface area contributed by atoms with Crippen molar-refractivity contribution in [2.75, 3.05) is 0 Å². The third-order valence-electron chi connectivity index (χ3n) is 3.06. The maximum absolute atomic E-state index is 13.1. The van der Waals surface area contributed by atoms with Gasteiger partial charge in [0.25, 0.3) is 0 Å². The molecule has 1 heterocycles. The summed E-state index contributed by atoms with van der Waals surface area (Å²) < 4.78 is 18.7. The van der Waals surface area contributed by atoms with E-state index >= 15 is 0 Å². The van der Waals surface area contributed by atoms with E-state index in [1.165, 1.54) is 18.2 Å². The van der Waals surface area contributed by atoms with Gasteiger partial charge in [-0.1, -0.05) is 29.8 Å². The Morgan fingerprint density at radius 1 is 1.14 bits per heavy atom. The van der Waals surface area contributed by atoms with Crippen LogP contribution in [0, 0.1) is 5.82 Å². The van der Waals surface area contributed by atoms with Gasteiger partial charge in [0.15, 0.2) is 0 Å². The number of fused-ring (bicyclic) bond motifs is 1. The van der Waals surface area contributed by atoms with Crippen LogP contribution in [-0.4, -0.2) is 10.1 Å². The zero-order valence-electron chi connectivity index (χ0n) is 10.9. The molecule has 0 bridgehead atoms. The molecule has 2 aromatic carbocycles. The summed E-state index contributed by atoms with van der Waals surface area (Å²) in [5.41, 5.74) is 1.43. The van der Waals surface area contributed by atoms with E-state index < -0.39 is 5.82 Å². The summed E-state index contributed by atoms with van der Waals surface area (Å²) in [6, 6.07) is 13.2. The lowest BCUT2D eigenvalue weighted by molar-refractivity contribution is 0.282. The van der Waals surface area contributed by atoms with E-state index in [9.17, 15) is 9.50 Å². The number of benzene rings is 2. The van der Waals surface area contributed by atoms with Crippen LogP contribution in [0.3, 0.4) is 0 Å². The minimum absolute atomic E-state index is 0.0179. The van der Waals surface area contributed by atoms with Gasteiger partial charge in [0, 0.05) is 17.5 Å². The molecule has 0 spiro atoms. The smallest absolute Gasteiger partial charge is 0.220 e. The van der Waals surface area contributed by atoms with Crippen LogP contribution in [0.5, 0.6) is 11.6 Å². The monoisotopic (exact) mass is 303 g/mol. The quantitative estimate of drug-likeness (QED) is 0.784. The summed E-state index contributed by atoms with van der Waals surface area (Å²) in [4.78, 5) is 4.36. The standard InChI is InChI=1S/C16H11ClFNO2/c17-13-8-11(5-6-14(13)18)21-16-7-10(9-20)12-3-1-2-4-15(12)19-16/h1-8,20H,9H2. The summed E-state index contributed by atoms with van der Waals surface area (Å²) in [5.74, 6) is 0.194. The molecule has 3 aromatic rings. The summed E-state index contributed by atoms with van der Waals surface area (Å²) in [7, 11) is 0. The molecule has 0 aliphatic rings. The predicted octanol–water partition coefficient (Wildman–Crippen LogP) is 4.31. The Hall–Kier alpha value is -2.17. The zero-order chi connectivity index (χ0) is 14.8. The van der Waals surface area contributed by atoms with Crippen LogP contribution in [-0.2, 0) is 6.61 Å². The molecule has 0 aliphatic carbocycles. The molecular weight excluding hydrogens is 293 g/mol. The molecule has 0 aliphatic heterocycles. The summed E-state index contributed by atoms with van der Waals surface area (Å²) >= 11 is 5.72. The Kier molecular flexibility index (Phi) is 3.73. The number of hydrogen-bond donors (Lipinski definition) is 1. The lowest BCUT2D eigenvalue weighted by atomic mass is 10.1. The van der Waals surface area contributed by atoms with Gasteiger partial charge in [-0.25, -0.2) is 9.37 Å². The van der Waals surface area contributed by atoms with Crippen molar-refractivity contribution < 1.29 is 14.2 Å². The zero-order valence-corrected chi connectivity index (χ0v) is 11.6. The topological polar surface area (TPSA) is 42.4 Å². The Bertz CT molecular complexity index is 807. The number of hydrogen-bond acceptors (Lipinski definition) is 3. The molecule has 0 amide bonds. The fourth-order valence-electron chi connectivity index (χ4n) is 2.06. The van der Waals surface area contributed by atoms with Gasteiger partial charge < -0.3 is 9.84 Å². The lowest BCUT2D eigenvalue weighted by Crippen LogP contribution is -1.94. The average molecular weight is 304 g/mol. The number of nitrogens with zero attached hydrogens (tertiary/aromatic N) is 1. The van der Waals surface area contributed by atoms with Crippen LogP contribution in [0.25, 0.3) is 10.9 Å². The number of aliphatic hydroxyl groups excluding tert-OH is 1. The molecule has 0 saturated heterocycles. The van der Waals surface area contributed by atoms with Gasteiger partial charge in [-0.05, 0) is 23.8 Å². The fourth-order valence-corrected chi connectivity index (χ4v) is 2.24. The Balaban J connectivity index is 2.02. The Morgan fingerprint density at radius 2 is 1.95 bits per heavy atom. The first kappa shape index (κ1) is 13.8. The Morgan fingerprint density at radius 3 is 2.71 bits per heavy atom. The van der Waals surface area contributed by atoms with Gasteiger partial charge >= 0.3 is 0 Å². The van der Waals surface area contributed by atoms with Gasteiger partial charge in [0.05, 0.1) is 17.1 Å². The van der Waals surface area contributed by atoms with Crippen molar-refractivity contribution in [1.29, 1.82) is 0 Å². The largest absolute Gasteiger partial charge is 0.439 e. The molecule has 0 unspecified atom stereocenters. The van der Waals surface area contributed by atoms with Crippen LogP contribution in [0.15, 0.2) is 48.5 Å². The van der Waals surface area contributed by atoms with Gasteiger partial charge in [-0.3, -0.25) is 0 Å². The van der Waals surface area contributed by atoms with Crippen LogP contribution in [0.4, 0.5) is 4.39 Å². The van der Waals surface area contributed by atoms with E-state index in [0.717, 1.165) is 5.39 Å². The molecule has 106 valence electrons. The normalized spacial score (nSPS) is 10.8. The second-order valence-electron chi connectivity index (χ2n) is 4.47. The molecule has 3 nitrogen and oxygen atoms in total. The van der Waals surface area contributed by atoms with Gasteiger partial charge in [-0.2, -0.15) is 0 Å². The number of pyridine rings is 1. The third-order valence-corrected chi connectivity index (χ3v) is 3.35. The van der Waals surface area contributed by atoms with Crippen LogP contribution in [0.2, 0.25) is 5.02 Å². The molecule has 5 heteroatoms. The van der Waals surface area contributed by atoms with E-state index in [2.05, 4.69) is 4.98 Å². The van der Waals surface area contributed by atoms with Crippen molar-refractivity contribution >= 4 is 22.5 Å². The van der Waals surface area contributed by atoms with E-state index in [-0.39, 0.29) is 11.6 Å². The molecule has 0 fully saturated rings. The highest BCUT2D eigenvalue weighted by Crippen LogP contribution is 2.28. The first-order valence-corrected chi connectivity index (χ1v) is 6.67. The van der Waals surface area contributed by atoms with E-state index in [0.29, 0.717) is 22.7 Å². The van der Waals surface area contributed by atoms with Gasteiger partial charge in [0.2, 0.25) is 5.88 Å². The van der Waals surface area contributed by atoms with Gasteiger partial charge in [-0.15, -0.1) is 0 Å². The number of halogens is 2. The molecular formula is C16H11ClFNO2. The predicted molar refractivity (Wildman–Crippen MR) is 79.1 cm³/mol. The first-order chi connectivity index (χ1) is 10.2. The maximum Gasteiger partial charge on any atom is 0.220 e. The van der Waals surface area contributed by atoms with E-state index in [1.54, 1.807) is 6.07 Å². The lowest BCUT2D eigenvalue weighted by Gasteiger charge is -2.09. The highest BCUT2D eigenvalue weighted by atomic mass is 35.5. The minimum atomic E-state index is -0.508. The number of rotatable bonds is 3. The molecule has 21 heavy (non-hydrogen) atoms. The number of ether oxygens (including phenoxy) is 1. The van der Waals surface area contributed by atoms with Gasteiger partial charge in [0.1, 0.15) is 11.6 Å². The number of aromatic nitrogens is 1. The fraction of sp³-hybridized carbons (Fsp3) is 0.0625. The third kappa shape index (κ3) is 2.82. The van der Waals surface area contributed by atoms with Crippen molar-refractivity contribution in [3.63, 3.8) is 0 Å². The summed E-state index contributed by atoms with van der Waals surface area (Å²) in [6.45, 7) is -0.121. The molecule has 1 N–H and O–H groups in total. The van der Waals surface area contributed by atoms with Crippen LogP contribution in [0.1, 0.15) is 5.56 Å². The number of para-hydroxylation sites is 1. The van der Waals surface area contributed by atoms with Crippen molar-refractivity contribution in [2.45, 2.75) is 6.61 Å². The minimum Gasteiger partial charge on any atom is -0.439 e. The van der Waals surface area contributed by atoms with Crippen LogP contribution >= 0.6 is 11.6 Å².